The summed E-state index contributed by atoms with van der Waals surface area (Å²) in [6.07, 6.45) is 5.54. The molecule has 0 amide bonds. The first-order valence-electron chi connectivity index (χ1n) is 8.87. The summed E-state index contributed by atoms with van der Waals surface area (Å²) in [6, 6.07) is 13.7. The van der Waals surface area contributed by atoms with Gasteiger partial charge in [-0.1, -0.05) is 36.4 Å². The summed E-state index contributed by atoms with van der Waals surface area (Å²) in [7, 11) is 1.72. The van der Waals surface area contributed by atoms with Crippen molar-refractivity contribution < 1.29 is 4.39 Å². The Morgan fingerprint density at radius 1 is 1.04 bits per heavy atom. The third-order valence-electron chi connectivity index (χ3n) is 4.33. The van der Waals surface area contributed by atoms with E-state index >= 15 is 0 Å². The van der Waals surface area contributed by atoms with Crippen LogP contribution in [0.5, 0.6) is 0 Å². The summed E-state index contributed by atoms with van der Waals surface area (Å²) >= 11 is 0. The Labute approximate surface area is 182 Å². The molecule has 7 heteroatoms. The predicted octanol–water partition coefficient (Wildman–Crippen LogP) is 3.86. The normalized spacial score (nSPS) is 11.0. The highest BCUT2D eigenvalue weighted by Gasteiger charge is 2.02. The van der Waals surface area contributed by atoms with Crippen molar-refractivity contribution in [2.75, 3.05) is 7.05 Å². The molecule has 3 rings (SSSR count). The Hall–Kier alpha value is -2.42. The number of aromatic nitrogens is 2. The summed E-state index contributed by atoms with van der Waals surface area (Å²) in [5.74, 6) is 0.492. The Morgan fingerprint density at radius 2 is 1.68 bits per heavy atom. The van der Waals surface area contributed by atoms with Crippen molar-refractivity contribution >= 4 is 29.9 Å². The first-order valence-corrected chi connectivity index (χ1v) is 8.87. The number of imidazole rings is 1. The van der Waals surface area contributed by atoms with Gasteiger partial charge < -0.3 is 15.2 Å². The second kappa shape index (κ2) is 10.8. The van der Waals surface area contributed by atoms with E-state index in [4.69, 9.17) is 0 Å². The fraction of sp³-hybridized carbons (Fsp3) is 0.238. The molecule has 1 heterocycles. The quantitative estimate of drug-likeness (QED) is 0.312. The highest BCUT2D eigenvalue weighted by atomic mass is 127. The van der Waals surface area contributed by atoms with Crippen molar-refractivity contribution in [1.29, 1.82) is 0 Å². The molecule has 2 N–H and O–H groups in total. The zero-order valence-corrected chi connectivity index (χ0v) is 18.4. The molecule has 0 saturated carbocycles. The second-order valence-electron chi connectivity index (χ2n) is 6.41. The van der Waals surface area contributed by atoms with Crippen LogP contribution in [0.4, 0.5) is 4.39 Å². The molecule has 2 aromatic carbocycles. The van der Waals surface area contributed by atoms with Crippen LogP contribution in [0, 0.1) is 12.7 Å². The van der Waals surface area contributed by atoms with Gasteiger partial charge in [0.05, 0.1) is 6.33 Å². The molecule has 0 saturated heterocycles. The van der Waals surface area contributed by atoms with Gasteiger partial charge in [0, 0.05) is 39.1 Å². The fourth-order valence-electron chi connectivity index (χ4n) is 2.69. The summed E-state index contributed by atoms with van der Waals surface area (Å²) in [5.41, 5.74) is 3.91. The molecule has 1 aromatic heterocycles. The van der Waals surface area contributed by atoms with Crippen molar-refractivity contribution in [2.45, 2.75) is 26.6 Å². The number of halogens is 2. The van der Waals surface area contributed by atoms with Crippen molar-refractivity contribution in [2.24, 2.45) is 4.99 Å². The smallest absolute Gasteiger partial charge is 0.191 e. The zero-order chi connectivity index (χ0) is 19.1. The van der Waals surface area contributed by atoms with Crippen molar-refractivity contribution in [3.8, 4) is 0 Å². The molecule has 5 nitrogen and oxygen atoms in total. The minimum atomic E-state index is -0.187. The van der Waals surface area contributed by atoms with Crippen LogP contribution < -0.4 is 10.6 Å². The van der Waals surface area contributed by atoms with Crippen LogP contribution in [0.3, 0.4) is 0 Å². The molecule has 0 atom stereocenters. The first kappa shape index (κ1) is 21.9. The molecular weight excluding hydrogens is 468 g/mol. The van der Waals surface area contributed by atoms with Gasteiger partial charge in [0.25, 0.3) is 0 Å². The molecule has 0 radical (unpaired) electrons. The maximum absolute atomic E-state index is 13.6. The minimum absolute atomic E-state index is 0. The minimum Gasteiger partial charge on any atom is -0.352 e. The lowest BCUT2D eigenvalue weighted by Gasteiger charge is -2.13. The average Bonchev–Trinajstić information content (AvgIpc) is 3.19. The van der Waals surface area contributed by atoms with E-state index in [1.54, 1.807) is 32.3 Å². The number of benzene rings is 2. The van der Waals surface area contributed by atoms with Crippen LogP contribution in [0.1, 0.15) is 22.3 Å². The van der Waals surface area contributed by atoms with Gasteiger partial charge in [0.15, 0.2) is 5.96 Å². The summed E-state index contributed by atoms with van der Waals surface area (Å²) in [5, 5.41) is 6.48. The Kier molecular flexibility index (Phi) is 8.43. The predicted molar refractivity (Wildman–Crippen MR) is 121 cm³/mol. The summed E-state index contributed by atoms with van der Waals surface area (Å²) < 4.78 is 15.7. The van der Waals surface area contributed by atoms with Crippen LogP contribution in [-0.2, 0) is 19.6 Å². The van der Waals surface area contributed by atoms with E-state index in [1.165, 1.54) is 5.56 Å². The molecule has 0 aliphatic rings. The van der Waals surface area contributed by atoms with Crippen LogP contribution >= 0.6 is 24.0 Å². The van der Waals surface area contributed by atoms with Gasteiger partial charge in [-0.2, -0.15) is 0 Å². The highest BCUT2D eigenvalue weighted by molar-refractivity contribution is 14.0. The number of aliphatic imine (C=N–C) groups is 1. The second-order valence-corrected chi connectivity index (χ2v) is 6.41. The van der Waals surface area contributed by atoms with E-state index in [0.29, 0.717) is 24.6 Å². The Morgan fingerprint density at radius 3 is 2.29 bits per heavy atom. The molecule has 0 aliphatic heterocycles. The molecule has 0 fully saturated rings. The lowest BCUT2D eigenvalue weighted by Crippen LogP contribution is -2.36. The zero-order valence-electron chi connectivity index (χ0n) is 16.0. The number of rotatable bonds is 6. The Balaban J connectivity index is 0.00000280. The van der Waals surface area contributed by atoms with Gasteiger partial charge in [0.2, 0.25) is 0 Å². The van der Waals surface area contributed by atoms with E-state index in [-0.39, 0.29) is 29.8 Å². The SMILES string of the molecule is CN=C(NCc1ccc(Cn2ccnc2)cc1)NCc1ccc(C)c(F)c1.I. The van der Waals surface area contributed by atoms with Crippen molar-refractivity contribution in [1.82, 2.24) is 20.2 Å². The fourth-order valence-corrected chi connectivity index (χ4v) is 2.69. The van der Waals surface area contributed by atoms with E-state index in [2.05, 4.69) is 44.9 Å². The van der Waals surface area contributed by atoms with Gasteiger partial charge in [-0.3, -0.25) is 4.99 Å². The first-order chi connectivity index (χ1) is 13.1. The van der Waals surface area contributed by atoms with E-state index < -0.39 is 0 Å². The summed E-state index contributed by atoms with van der Waals surface area (Å²) in [6.45, 7) is 3.74. The third kappa shape index (κ3) is 6.33. The third-order valence-corrected chi connectivity index (χ3v) is 4.33. The number of hydrogen-bond acceptors (Lipinski definition) is 2. The maximum atomic E-state index is 13.6. The van der Waals surface area contributed by atoms with E-state index in [1.807, 2.05) is 23.2 Å². The van der Waals surface area contributed by atoms with Crippen LogP contribution in [0.2, 0.25) is 0 Å². The lowest BCUT2D eigenvalue weighted by atomic mass is 10.1. The molecule has 3 aromatic rings. The standard InChI is InChI=1S/C21H24FN5.HI/c1-16-3-4-19(11-20(16)22)13-26-21(23-2)25-12-17-5-7-18(8-6-17)14-27-10-9-24-15-27;/h3-11,15H,12-14H2,1-2H3,(H2,23,25,26);1H. The largest absolute Gasteiger partial charge is 0.352 e. The van der Waals surface area contributed by atoms with Crippen LogP contribution in [0.25, 0.3) is 0 Å². The molecule has 0 bridgehead atoms. The van der Waals surface area contributed by atoms with Gasteiger partial charge in [0.1, 0.15) is 5.82 Å². The van der Waals surface area contributed by atoms with Crippen molar-refractivity contribution in [3.05, 3.63) is 89.3 Å². The number of aryl methyl sites for hydroxylation is 1. The monoisotopic (exact) mass is 493 g/mol. The topological polar surface area (TPSA) is 54.2 Å². The van der Waals surface area contributed by atoms with Gasteiger partial charge in [-0.25, -0.2) is 9.37 Å². The molecule has 148 valence electrons. The molecule has 0 unspecified atom stereocenters. The Bertz CT molecular complexity index is 892. The number of hydrogen-bond donors (Lipinski definition) is 2. The van der Waals surface area contributed by atoms with Crippen molar-refractivity contribution in [3.63, 3.8) is 0 Å². The number of guanidine groups is 1. The molecule has 0 aliphatic carbocycles. The average molecular weight is 493 g/mol. The van der Waals surface area contributed by atoms with Gasteiger partial charge in [-0.15, -0.1) is 24.0 Å². The van der Waals surface area contributed by atoms with Crippen LogP contribution in [-0.4, -0.2) is 22.6 Å². The number of nitrogens with zero attached hydrogens (tertiary/aromatic N) is 3. The van der Waals surface area contributed by atoms with Gasteiger partial charge in [-0.05, 0) is 35.2 Å². The molecular formula is C21H25FIN5. The van der Waals surface area contributed by atoms with E-state index in [9.17, 15) is 4.39 Å². The molecule has 28 heavy (non-hydrogen) atoms. The van der Waals surface area contributed by atoms with Crippen LogP contribution in [0.15, 0.2) is 66.2 Å². The summed E-state index contributed by atoms with van der Waals surface area (Å²) in [4.78, 5) is 8.27. The maximum Gasteiger partial charge on any atom is 0.191 e. The molecule has 0 spiro atoms. The lowest BCUT2D eigenvalue weighted by molar-refractivity contribution is 0.615. The van der Waals surface area contributed by atoms with E-state index in [0.717, 1.165) is 17.7 Å². The number of nitrogens with one attached hydrogen (secondary N) is 2. The van der Waals surface area contributed by atoms with Gasteiger partial charge >= 0.3 is 0 Å². The highest BCUT2D eigenvalue weighted by Crippen LogP contribution is 2.09.